The maximum absolute atomic E-state index is 12.1. The van der Waals surface area contributed by atoms with E-state index in [4.69, 9.17) is 4.74 Å². The van der Waals surface area contributed by atoms with E-state index in [1.807, 2.05) is 0 Å². The van der Waals surface area contributed by atoms with Crippen molar-refractivity contribution in [2.45, 2.75) is 39.3 Å². The first-order valence-corrected chi connectivity index (χ1v) is 8.27. The second-order valence-electron chi connectivity index (χ2n) is 7.06. The van der Waals surface area contributed by atoms with E-state index < -0.39 is 47.8 Å². The van der Waals surface area contributed by atoms with Crippen LogP contribution in [0.15, 0.2) is 24.3 Å². The molecular weight excluding hydrogens is 354 g/mol. The number of nitrogens with one attached hydrogen (secondary N) is 2. The van der Waals surface area contributed by atoms with Gasteiger partial charge in [-0.25, -0.2) is 4.79 Å². The van der Waals surface area contributed by atoms with Crippen LogP contribution >= 0.6 is 0 Å². The predicted octanol–water partition coefficient (Wildman–Crippen LogP) is 0.772. The number of amides is 4. The summed E-state index contributed by atoms with van der Waals surface area (Å²) < 4.78 is 4.97. The number of urea groups is 1. The Morgan fingerprint density at radius 3 is 2.41 bits per heavy atom. The van der Waals surface area contributed by atoms with Crippen molar-refractivity contribution >= 4 is 35.3 Å². The van der Waals surface area contributed by atoms with Crippen LogP contribution in [0.2, 0.25) is 0 Å². The van der Waals surface area contributed by atoms with Crippen LogP contribution in [0.3, 0.4) is 0 Å². The highest BCUT2D eigenvalue weighted by atomic mass is 16.5. The number of imide groups is 1. The first-order valence-electron chi connectivity index (χ1n) is 8.27. The Balaban J connectivity index is 1.94. The van der Waals surface area contributed by atoms with E-state index in [1.54, 1.807) is 39.0 Å². The first kappa shape index (κ1) is 20.1. The lowest BCUT2D eigenvalue weighted by Crippen LogP contribution is -2.51. The molecule has 0 fully saturated rings. The molecule has 9 heteroatoms. The molecule has 27 heavy (non-hydrogen) atoms. The van der Waals surface area contributed by atoms with E-state index in [2.05, 4.69) is 10.6 Å². The summed E-state index contributed by atoms with van der Waals surface area (Å²) in [6, 6.07) is 5.56. The fourth-order valence-electron chi connectivity index (χ4n) is 2.41. The van der Waals surface area contributed by atoms with Crippen LogP contribution in [0.4, 0.5) is 10.5 Å². The van der Waals surface area contributed by atoms with Crippen molar-refractivity contribution in [1.29, 1.82) is 0 Å². The summed E-state index contributed by atoms with van der Waals surface area (Å²) in [5.74, 6) is -3.24. The molecule has 2 rings (SSSR count). The number of para-hydroxylation sites is 1. The smallest absolute Gasteiger partial charge is 0.326 e. The molecule has 0 aliphatic carbocycles. The summed E-state index contributed by atoms with van der Waals surface area (Å²) in [7, 11) is 0. The standard InChI is InChI=1S/C18H21N3O6/c1-10(15(24)19-17(26)20-18(2,3)4)27-13(22)9-21-12-8-6-5-7-11(12)14(23)16(21)25/h5-8,10H,9H2,1-4H3,(H2,19,20,24,26)/t10-/m1/s1. The minimum Gasteiger partial charge on any atom is -0.451 e. The Morgan fingerprint density at radius 2 is 1.78 bits per heavy atom. The average molecular weight is 375 g/mol. The number of hydrogen-bond acceptors (Lipinski definition) is 6. The highest BCUT2D eigenvalue weighted by molar-refractivity contribution is 6.52. The third-order valence-electron chi connectivity index (χ3n) is 3.57. The Labute approximate surface area is 156 Å². The van der Waals surface area contributed by atoms with Gasteiger partial charge in [-0.2, -0.15) is 0 Å². The number of Topliss-reactive ketones (excluding diaryl/α,β-unsaturated/α-hetero) is 1. The number of rotatable bonds is 4. The third kappa shape index (κ3) is 4.90. The Morgan fingerprint density at radius 1 is 1.15 bits per heavy atom. The number of carbonyl (C=O) groups is 5. The van der Waals surface area contributed by atoms with Crippen LogP contribution in [0.25, 0.3) is 0 Å². The Bertz CT molecular complexity index is 812. The summed E-state index contributed by atoms with van der Waals surface area (Å²) in [6.45, 7) is 6.00. The van der Waals surface area contributed by atoms with Crippen LogP contribution in [0.5, 0.6) is 0 Å². The van der Waals surface area contributed by atoms with Gasteiger partial charge < -0.3 is 10.1 Å². The number of hydrogen-bond donors (Lipinski definition) is 2. The molecule has 0 unspecified atom stereocenters. The molecule has 0 saturated carbocycles. The van der Waals surface area contributed by atoms with Crippen LogP contribution in [0.1, 0.15) is 38.1 Å². The zero-order chi connectivity index (χ0) is 20.4. The normalized spacial score (nSPS) is 14.4. The number of ketones is 1. The topological polar surface area (TPSA) is 122 Å². The van der Waals surface area contributed by atoms with Gasteiger partial charge in [0.1, 0.15) is 6.54 Å². The minimum absolute atomic E-state index is 0.208. The van der Waals surface area contributed by atoms with Gasteiger partial charge in [0.15, 0.2) is 6.10 Å². The summed E-state index contributed by atoms with van der Waals surface area (Å²) >= 11 is 0. The Kier molecular flexibility index (Phi) is 5.63. The Hall–Kier alpha value is -3.23. The van der Waals surface area contributed by atoms with E-state index >= 15 is 0 Å². The van der Waals surface area contributed by atoms with Crippen LogP contribution < -0.4 is 15.5 Å². The van der Waals surface area contributed by atoms with E-state index in [9.17, 15) is 24.0 Å². The molecule has 1 aromatic carbocycles. The fraction of sp³-hybridized carbons (Fsp3) is 0.389. The molecule has 1 heterocycles. The third-order valence-corrected chi connectivity index (χ3v) is 3.57. The van der Waals surface area contributed by atoms with E-state index in [-0.39, 0.29) is 5.56 Å². The van der Waals surface area contributed by atoms with Gasteiger partial charge in [0.05, 0.1) is 11.3 Å². The molecule has 1 aliphatic heterocycles. The molecule has 0 spiro atoms. The van der Waals surface area contributed by atoms with Crippen molar-refractivity contribution in [2.24, 2.45) is 0 Å². The molecule has 9 nitrogen and oxygen atoms in total. The molecule has 144 valence electrons. The molecule has 1 aliphatic rings. The molecule has 0 saturated heterocycles. The van der Waals surface area contributed by atoms with E-state index in [0.717, 1.165) is 4.90 Å². The van der Waals surface area contributed by atoms with Crippen molar-refractivity contribution in [1.82, 2.24) is 10.6 Å². The minimum atomic E-state index is -1.26. The number of fused-ring (bicyclic) bond motifs is 1. The zero-order valence-electron chi connectivity index (χ0n) is 15.5. The summed E-state index contributed by atoms with van der Waals surface area (Å²) in [5.41, 5.74) is -0.0219. The lowest BCUT2D eigenvalue weighted by Gasteiger charge is -2.21. The number of benzene rings is 1. The molecule has 0 radical (unpaired) electrons. The van der Waals surface area contributed by atoms with Gasteiger partial charge in [-0.15, -0.1) is 0 Å². The summed E-state index contributed by atoms with van der Waals surface area (Å²) in [5, 5.41) is 4.60. The predicted molar refractivity (Wildman–Crippen MR) is 95.1 cm³/mol. The number of ether oxygens (including phenoxy) is 1. The average Bonchev–Trinajstić information content (AvgIpc) is 2.78. The van der Waals surface area contributed by atoms with Gasteiger partial charge >= 0.3 is 12.0 Å². The van der Waals surface area contributed by atoms with Crippen molar-refractivity contribution in [3.63, 3.8) is 0 Å². The quantitative estimate of drug-likeness (QED) is 0.592. The van der Waals surface area contributed by atoms with Crippen molar-refractivity contribution in [3.05, 3.63) is 29.8 Å². The van der Waals surface area contributed by atoms with Crippen molar-refractivity contribution in [2.75, 3.05) is 11.4 Å². The van der Waals surface area contributed by atoms with Gasteiger partial charge in [-0.3, -0.25) is 29.4 Å². The molecule has 0 bridgehead atoms. The highest BCUT2D eigenvalue weighted by Crippen LogP contribution is 2.28. The highest BCUT2D eigenvalue weighted by Gasteiger charge is 2.37. The van der Waals surface area contributed by atoms with Gasteiger partial charge in [0.2, 0.25) is 0 Å². The largest absolute Gasteiger partial charge is 0.451 e. The van der Waals surface area contributed by atoms with Gasteiger partial charge in [0.25, 0.3) is 17.6 Å². The fourth-order valence-corrected chi connectivity index (χ4v) is 2.41. The van der Waals surface area contributed by atoms with Crippen molar-refractivity contribution in [3.8, 4) is 0 Å². The molecule has 4 amide bonds. The number of anilines is 1. The maximum Gasteiger partial charge on any atom is 0.326 e. The maximum atomic E-state index is 12.1. The van der Waals surface area contributed by atoms with E-state index in [1.165, 1.54) is 13.0 Å². The first-order chi connectivity index (χ1) is 12.5. The van der Waals surface area contributed by atoms with Crippen LogP contribution in [-0.4, -0.2) is 47.8 Å². The second-order valence-corrected chi connectivity index (χ2v) is 7.06. The zero-order valence-corrected chi connectivity index (χ0v) is 15.5. The second kappa shape index (κ2) is 7.56. The van der Waals surface area contributed by atoms with Gasteiger partial charge in [-0.1, -0.05) is 12.1 Å². The number of esters is 1. The van der Waals surface area contributed by atoms with Crippen LogP contribution in [0, 0.1) is 0 Å². The summed E-state index contributed by atoms with van der Waals surface area (Å²) in [4.78, 5) is 60.6. The molecule has 0 aromatic heterocycles. The van der Waals surface area contributed by atoms with Crippen LogP contribution in [-0.2, 0) is 19.1 Å². The number of nitrogens with zero attached hydrogens (tertiary/aromatic N) is 1. The summed E-state index contributed by atoms with van der Waals surface area (Å²) in [6.07, 6.45) is -1.26. The molecule has 2 N–H and O–H groups in total. The lowest BCUT2D eigenvalue weighted by atomic mass is 10.1. The van der Waals surface area contributed by atoms with Gasteiger partial charge in [0, 0.05) is 5.54 Å². The monoisotopic (exact) mass is 375 g/mol. The van der Waals surface area contributed by atoms with E-state index in [0.29, 0.717) is 5.69 Å². The number of carbonyl (C=O) groups excluding carboxylic acids is 5. The van der Waals surface area contributed by atoms with Gasteiger partial charge in [-0.05, 0) is 39.8 Å². The lowest BCUT2D eigenvalue weighted by molar-refractivity contribution is -0.153. The molecule has 1 atom stereocenters. The van der Waals surface area contributed by atoms with Crippen molar-refractivity contribution < 1.29 is 28.7 Å². The molecular formula is C18H21N3O6. The molecule has 1 aromatic rings. The SMILES string of the molecule is C[C@@H](OC(=O)CN1C(=O)C(=O)c2ccccc21)C(=O)NC(=O)NC(C)(C)C.